The zero-order chi connectivity index (χ0) is 23.7. The number of rotatable bonds is 6. The molecule has 0 radical (unpaired) electrons. The van der Waals surface area contributed by atoms with Crippen LogP contribution in [0.1, 0.15) is 16.5 Å². The SMILES string of the molecule is COc1cccc(N2C(=O)C(=O)/C(=C(\O)c3cc(Cl)c(OC)cc3OC)C2c2cccs2)c1. The van der Waals surface area contributed by atoms with Gasteiger partial charge in [-0.3, -0.25) is 14.5 Å². The fraction of sp³-hybridized carbons (Fsp3) is 0.167. The Labute approximate surface area is 199 Å². The summed E-state index contributed by atoms with van der Waals surface area (Å²) in [5, 5.41) is 13.4. The lowest BCUT2D eigenvalue weighted by atomic mass is 9.99. The third-order valence-electron chi connectivity index (χ3n) is 5.32. The van der Waals surface area contributed by atoms with Crippen LogP contribution in [0.4, 0.5) is 5.69 Å². The van der Waals surface area contributed by atoms with Crippen LogP contribution in [0.5, 0.6) is 17.2 Å². The van der Waals surface area contributed by atoms with E-state index in [1.54, 1.807) is 30.3 Å². The number of methoxy groups -OCH3 is 3. The van der Waals surface area contributed by atoms with Gasteiger partial charge in [-0.05, 0) is 29.6 Å². The van der Waals surface area contributed by atoms with E-state index < -0.39 is 23.5 Å². The van der Waals surface area contributed by atoms with E-state index in [0.717, 1.165) is 0 Å². The van der Waals surface area contributed by atoms with Crippen molar-refractivity contribution in [1.82, 2.24) is 0 Å². The Bertz CT molecular complexity index is 1250. The summed E-state index contributed by atoms with van der Waals surface area (Å²) in [6.07, 6.45) is 0. The predicted octanol–water partition coefficient (Wildman–Crippen LogP) is 5.05. The van der Waals surface area contributed by atoms with Gasteiger partial charge in [0.1, 0.15) is 29.0 Å². The molecule has 9 heteroatoms. The van der Waals surface area contributed by atoms with Gasteiger partial charge in [-0.15, -0.1) is 11.3 Å². The Hall–Kier alpha value is -3.49. The molecule has 0 spiro atoms. The minimum atomic E-state index is -0.845. The summed E-state index contributed by atoms with van der Waals surface area (Å²) in [6, 6.07) is 12.6. The van der Waals surface area contributed by atoms with Gasteiger partial charge in [-0.25, -0.2) is 0 Å². The maximum Gasteiger partial charge on any atom is 0.300 e. The van der Waals surface area contributed by atoms with Crippen LogP contribution in [0.3, 0.4) is 0 Å². The van der Waals surface area contributed by atoms with Crippen LogP contribution in [0.25, 0.3) is 5.76 Å². The Kier molecular flexibility index (Phi) is 6.31. The fourth-order valence-corrected chi connectivity index (χ4v) is 4.83. The lowest BCUT2D eigenvalue weighted by Gasteiger charge is -2.24. The molecule has 1 atom stereocenters. The van der Waals surface area contributed by atoms with Crippen molar-refractivity contribution in [3.63, 3.8) is 0 Å². The van der Waals surface area contributed by atoms with Crippen LogP contribution >= 0.6 is 22.9 Å². The molecule has 2 heterocycles. The highest BCUT2D eigenvalue weighted by molar-refractivity contribution is 7.10. The van der Waals surface area contributed by atoms with Crippen molar-refractivity contribution in [1.29, 1.82) is 0 Å². The quantitative estimate of drug-likeness (QED) is 0.298. The first kappa shape index (κ1) is 22.7. The lowest BCUT2D eigenvalue weighted by molar-refractivity contribution is -0.132. The van der Waals surface area contributed by atoms with Crippen molar-refractivity contribution in [3.8, 4) is 17.2 Å². The number of thiophene rings is 1. The Morgan fingerprint density at radius 3 is 2.39 bits per heavy atom. The number of hydrogen-bond acceptors (Lipinski definition) is 7. The number of carbonyl (C=O) groups is 2. The third kappa shape index (κ3) is 3.92. The summed E-state index contributed by atoms with van der Waals surface area (Å²) in [7, 11) is 4.39. The molecule has 1 aromatic heterocycles. The van der Waals surface area contributed by atoms with Crippen LogP contribution in [0.2, 0.25) is 5.02 Å². The zero-order valence-corrected chi connectivity index (χ0v) is 19.6. The van der Waals surface area contributed by atoms with Gasteiger partial charge in [-0.2, -0.15) is 0 Å². The highest BCUT2D eigenvalue weighted by Gasteiger charge is 2.47. The number of nitrogens with zero attached hydrogens (tertiary/aromatic N) is 1. The number of anilines is 1. The van der Waals surface area contributed by atoms with E-state index in [1.807, 2.05) is 11.4 Å². The maximum absolute atomic E-state index is 13.2. The van der Waals surface area contributed by atoms with Gasteiger partial charge in [0.05, 0.1) is 37.5 Å². The highest BCUT2D eigenvalue weighted by atomic mass is 35.5. The molecule has 1 unspecified atom stereocenters. The van der Waals surface area contributed by atoms with Crippen LogP contribution in [0, 0.1) is 0 Å². The average molecular weight is 486 g/mol. The van der Waals surface area contributed by atoms with Crippen molar-refractivity contribution in [3.05, 3.63) is 74.9 Å². The molecule has 1 aliphatic rings. The molecule has 4 rings (SSSR count). The van der Waals surface area contributed by atoms with Crippen molar-refractivity contribution >= 4 is 46.1 Å². The second kappa shape index (κ2) is 9.17. The summed E-state index contributed by atoms with van der Waals surface area (Å²) in [4.78, 5) is 28.5. The molecule has 33 heavy (non-hydrogen) atoms. The van der Waals surface area contributed by atoms with E-state index in [9.17, 15) is 14.7 Å². The topological polar surface area (TPSA) is 85.3 Å². The van der Waals surface area contributed by atoms with Crippen LogP contribution in [-0.4, -0.2) is 38.1 Å². The minimum absolute atomic E-state index is 0.0650. The van der Waals surface area contributed by atoms with Gasteiger partial charge in [0.2, 0.25) is 0 Å². The smallest absolute Gasteiger partial charge is 0.300 e. The first-order chi connectivity index (χ1) is 15.9. The molecular formula is C24H20ClNO6S. The van der Waals surface area contributed by atoms with Gasteiger partial charge in [0, 0.05) is 22.7 Å². The summed E-state index contributed by atoms with van der Waals surface area (Å²) >= 11 is 7.65. The van der Waals surface area contributed by atoms with Crippen molar-refractivity contribution < 1.29 is 28.9 Å². The molecule has 0 saturated carbocycles. The number of Topliss-reactive ketones (excluding diaryl/α,β-unsaturated/α-hetero) is 1. The zero-order valence-electron chi connectivity index (χ0n) is 18.0. The summed E-state index contributed by atoms with van der Waals surface area (Å²) < 4.78 is 15.9. The standard InChI is InChI=1S/C24H20ClNO6S/c1-30-14-7-4-6-13(10-14)26-21(19-8-5-9-33-19)20(23(28)24(26)29)22(27)15-11-16(25)18(32-3)12-17(15)31-2/h4-12,21,27H,1-3H3/b22-20-. The lowest BCUT2D eigenvalue weighted by Crippen LogP contribution is -2.29. The van der Waals surface area contributed by atoms with E-state index in [1.165, 1.54) is 49.7 Å². The molecule has 0 bridgehead atoms. The summed E-state index contributed by atoms with van der Waals surface area (Å²) in [6.45, 7) is 0. The number of hydrogen-bond donors (Lipinski definition) is 1. The molecule has 1 fully saturated rings. The molecular weight excluding hydrogens is 466 g/mol. The number of halogens is 1. The van der Waals surface area contributed by atoms with Crippen molar-refractivity contribution in [2.24, 2.45) is 0 Å². The number of aliphatic hydroxyl groups is 1. The van der Waals surface area contributed by atoms with Crippen LogP contribution < -0.4 is 19.1 Å². The summed E-state index contributed by atoms with van der Waals surface area (Å²) in [5.74, 6) is -0.853. The number of carbonyl (C=O) groups excluding carboxylic acids is 2. The van der Waals surface area contributed by atoms with E-state index in [0.29, 0.717) is 22.1 Å². The van der Waals surface area contributed by atoms with Gasteiger partial charge < -0.3 is 19.3 Å². The van der Waals surface area contributed by atoms with Gasteiger partial charge in [-0.1, -0.05) is 23.7 Å². The maximum atomic E-state index is 13.2. The van der Waals surface area contributed by atoms with Gasteiger partial charge in [0.25, 0.3) is 11.7 Å². The van der Waals surface area contributed by atoms with Crippen LogP contribution in [-0.2, 0) is 9.59 Å². The Balaban J connectivity index is 1.95. The first-order valence-electron chi connectivity index (χ1n) is 9.81. The Morgan fingerprint density at radius 2 is 1.76 bits per heavy atom. The second-order valence-electron chi connectivity index (χ2n) is 7.07. The largest absolute Gasteiger partial charge is 0.507 e. The molecule has 2 aromatic carbocycles. The number of benzene rings is 2. The number of aliphatic hydroxyl groups excluding tert-OH is 1. The predicted molar refractivity (Wildman–Crippen MR) is 127 cm³/mol. The molecule has 170 valence electrons. The molecule has 1 N–H and O–H groups in total. The number of ether oxygens (including phenoxy) is 3. The first-order valence-corrected chi connectivity index (χ1v) is 11.1. The van der Waals surface area contributed by atoms with Crippen molar-refractivity contribution in [2.75, 3.05) is 26.2 Å². The van der Waals surface area contributed by atoms with E-state index in [2.05, 4.69) is 0 Å². The second-order valence-corrected chi connectivity index (χ2v) is 8.46. The minimum Gasteiger partial charge on any atom is -0.507 e. The molecule has 1 amide bonds. The van der Waals surface area contributed by atoms with Crippen LogP contribution in [0.15, 0.2) is 59.5 Å². The average Bonchev–Trinajstić information content (AvgIpc) is 3.45. The van der Waals surface area contributed by atoms with Gasteiger partial charge >= 0.3 is 0 Å². The molecule has 7 nitrogen and oxygen atoms in total. The summed E-state index contributed by atoms with van der Waals surface area (Å²) in [5.41, 5.74) is 0.576. The van der Waals surface area contributed by atoms with E-state index >= 15 is 0 Å². The monoisotopic (exact) mass is 485 g/mol. The number of ketones is 1. The normalized spacial score (nSPS) is 17.3. The number of amides is 1. The van der Waals surface area contributed by atoms with E-state index in [-0.39, 0.29) is 21.9 Å². The molecule has 0 aliphatic carbocycles. The molecule has 3 aromatic rings. The Morgan fingerprint density at radius 1 is 1.00 bits per heavy atom. The van der Waals surface area contributed by atoms with Gasteiger partial charge in [0.15, 0.2) is 0 Å². The molecule has 1 aliphatic heterocycles. The van der Waals surface area contributed by atoms with Crippen molar-refractivity contribution in [2.45, 2.75) is 6.04 Å². The third-order valence-corrected chi connectivity index (χ3v) is 6.54. The molecule has 1 saturated heterocycles. The van der Waals surface area contributed by atoms with E-state index in [4.69, 9.17) is 25.8 Å². The highest BCUT2D eigenvalue weighted by Crippen LogP contribution is 2.46. The fourth-order valence-electron chi connectivity index (χ4n) is 3.77.